The van der Waals surface area contributed by atoms with Gasteiger partial charge < -0.3 is 14.4 Å². The van der Waals surface area contributed by atoms with Crippen LogP contribution in [0.2, 0.25) is 0 Å². The van der Waals surface area contributed by atoms with Crippen LogP contribution in [-0.2, 0) is 0 Å². The van der Waals surface area contributed by atoms with E-state index in [-0.39, 0.29) is 0 Å². The van der Waals surface area contributed by atoms with Crippen molar-refractivity contribution < 1.29 is 9.47 Å². The molecule has 0 amide bonds. The Hall–Kier alpha value is -1.72. The van der Waals surface area contributed by atoms with Crippen LogP contribution in [0.25, 0.3) is 0 Å². The molecule has 0 spiro atoms. The van der Waals surface area contributed by atoms with Gasteiger partial charge in [0, 0.05) is 49.4 Å². The fraction of sp³-hybridized carbons (Fsp3) is 0.455. The lowest BCUT2D eigenvalue weighted by Crippen LogP contribution is -2.52. The van der Waals surface area contributed by atoms with Crippen LogP contribution in [0.15, 0.2) is 46.9 Å². The van der Waals surface area contributed by atoms with E-state index in [4.69, 9.17) is 9.47 Å². The van der Waals surface area contributed by atoms with E-state index < -0.39 is 0 Å². The predicted octanol–water partition coefficient (Wildman–Crippen LogP) is 4.53. The van der Waals surface area contributed by atoms with Gasteiger partial charge >= 0.3 is 0 Å². The van der Waals surface area contributed by atoms with E-state index >= 15 is 0 Å². The molecule has 144 valence electrons. The van der Waals surface area contributed by atoms with E-state index in [0.29, 0.717) is 18.0 Å². The number of hydrogen-bond acceptors (Lipinski definition) is 4. The summed E-state index contributed by atoms with van der Waals surface area (Å²) in [5, 5.41) is 0. The molecule has 1 aliphatic heterocycles. The van der Waals surface area contributed by atoms with E-state index in [0.717, 1.165) is 35.6 Å². The highest BCUT2D eigenvalue weighted by Crippen LogP contribution is 2.45. The first-order valence-electron chi connectivity index (χ1n) is 9.59. The maximum absolute atomic E-state index is 5.47. The van der Waals surface area contributed by atoms with Crippen molar-refractivity contribution in [3.63, 3.8) is 0 Å². The van der Waals surface area contributed by atoms with Crippen LogP contribution in [0.4, 0.5) is 5.69 Å². The van der Waals surface area contributed by atoms with E-state index in [1.807, 2.05) is 0 Å². The van der Waals surface area contributed by atoms with Gasteiger partial charge in [0.1, 0.15) is 11.5 Å². The molecule has 3 unspecified atom stereocenters. The third kappa shape index (κ3) is 3.81. The average Bonchev–Trinajstić information content (AvgIpc) is 3.49. The number of anilines is 1. The lowest BCUT2D eigenvalue weighted by atomic mass is 10.1. The van der Waals surface area contributed by atoms with E-state index in [1.54, 1.807) is 14.2 Å². The molecule has 0 radical (unpaired) electrons. The predicted molar refractivity (Wildman–Crippen MR) is 113 cm³/mol. The summed E-state index contributed by atoms with van der Waals surface area (Å²) < 4.78 is 11.7. The Balaban J connectivity index is 1.39. The first-order valence-corrected chi connectivity index (χ1v) is 10.4. The van der Waals surface area contributed by atoms with Gasteiger partial charge in [-0.25, -0.2) is 0 Å². The average molecular weight is 431 g/mol. The number of halogens is 1. The zero-order valence-electron chi connectivity index (χ0n) is 16.2. The highest BCUT2D eigenvalue weighted by molar-refractivity contribution is 9.10. The number of nitrogens with zero attached hydrogens (tertiary/aromatic N) is 2. The number of piperazine rings is 1. The molecular formula is C22H27BrN2O2. The normalized spacial score (nSPS) is 25.3. The maximum atomic E-state index is 5.47. The van der Waals surface area contributed by atoms with Crippen LogP contribution in [0, 0.1) is 0 Å². The summed E-state index contributed by atoms with van der Waals surface area (Å²) >= 11 is 3.54. The molecule has 3 atom stereocenters. The molecule has 2 aromatic rings. The Labute approximate surface area is 170 Å². The summed E-state index contributed by atoms with van der Waals surface area (Å²) in [5.74, 6) is 2.49. The molecule has 2 fully saturated rings. The van der Waals surface area contributed by atoms with Crippen molar-refractivity contribution in [2.75, 3.05) is 38.8 Å². The lowest BCUT2D eigenvalue weighted by molar-refractivity contribution is 0.216. The minimum absolute atomic E-state index is 0.488. The van der Waals surface area contributed by atoms with Gasteiger partial charge in [0.25, 0.3) is 0 Å². The first-order chi connectivity index (χ1) is 13.1. The van der Waals surface area contributed by atoms with Crippen LogP contribution in [0.1, 0.15) is 24.8 Å². The number of hydrogen-bond donors (Lipinski definition) is 0. The molecule has 1 heterocycles. The smallest absolute Gasteiger partial charge is 0.135 e. The fourth-order valence-electron chi connectivity index (χ4n) is 4.29. The molecule has 1 aliphatic carbocycles. The second kappa shape index (κ2) is 7.72. The molecule has 1 saturated heterocycles. The molecule has 4 rings (SSSR count). The van der Waals surface area contributed by atoms with Gasteiger partial charge in [-0.2, -0.15) is 0 Å². The van der Waals surface area contributed by atoms with Crippen LogP contribution >= 0.6 is 15.9 Å². The summed E-state index contributed by atoms with van der Waals surface area (Å²) in [4.78, 5) is 5.17. The van der Waals surface area contributed by atoms with Crippen molar-refractivity contribution in [2.24, 2.45) is 0 Å². The zero-order valence-corrected chi connectivity index (χ0v) is 17.8. The molecule has 2 aliphatic rings. The minimum atomic E-state index is 0.488. The van der Waals surface area contributed by atoms with Crippen molar-refractivity contribution in [1.82, 2.24) is 4.90 Å². The van der Waals surface area contributed by atoms with E-state index in [2.05, 4.69) is 75.1 Å². The Morgan fingerprint density at radius 3 is 2.44 bits per heavy atom. The molecule has 4 nitrogen and oxygen atoms in total. The summed E-state index contributed by atoms with van der Waals surface area (Å²) in [6.45, 7) is 5.60. The number of ether oxygens (including phenoxy) is 2. The third-order valence-electron chi connectivity index (χ3n) is 5.89. The second-order valence-corrected chi connectivity index (χ2v) is 8.39. The van der Waals surface area contributed by atoms with Gasteiger partial charge in [0.05, 0.1) is 18.7 Å². The highest BCUT2D eigenvalue weighted by Gasteiger charge is 2.44. The standard InChI is InChI=1S/C22H27BrN2O2/c1-15-14-24(21-13-19(21)16-4-7-18(26-2)8-5-16)10-11-25(15)17-6-9-20(23)22(12-17)27-3/h4-9,12,15,19,21H,10-11,13-14H2,1-3H3. The Morgan fingerprint density at radius 1 is 1.00 bits per heavy atom. The fourth-order valence-corrected chi connectivity index (χ4v) is 4.70. The van der Waals surface area contributed by atoms with Gasteiger partial charge in [-0.3, -0.25) is 4.90 Å². The zero-order chi connectivity index (χ0) is 19.0. The largest absolute Gasteiger partial charge is 0.497 e. The number of methoxy groups -OCH3 is 2. The Bertz CT molecular complexity index is 795. The van der Waals surface area contributed by atoms with Crippen molar-refractivity contribution in [3.05, 3.63) is 52.5 Å². The summed E-state index contributed by atoms with van der Waals surface area (Å²) in [6, 6.07) is 16.1. The second-order valence-electron chi connectivity index (χ2n) is 7.54. The molecule has 27 heavy (non-hydrogen) atoms. The molecule has 2 aromatic carbocycles. The Morgan fingerprint density at radius 2 is 1.78 bits per heavy atom. The van der Waals surface area contributed by atoms with E-state index in [9.17, 15) is 0 Å². The van der Waals surface area contributed by atoms with Crippen molar-refractivity contribution in [3.8, 4) is 11.5 Å². The highest BCUT2D eigenvalue weighted by atomic mass is 79.9. The van der Waals surface area contributed by atoms with Crippen molar-refractivity contribution in [1.29, 1.82) is 0 Å². The van der Waals surface area contributed by atoms with Crippen LogP contribution in [0.5, 0.6) is 11.5 Å². The number of rotatable bonds is 5. The van der Waals surface area contributed by atoms with Crippen molar-refractivity contribution in [2.45, 2.75) is 31.3 Å². The first kappa shape index (κ1) is 18.6. The van der Waals surface area contributed by atoms with Crippen LogP contribution in [0.3, 0.4) is 0 Å². The summed E-state index contributed by atoms with van der Waals surface area (Å²) in [7, 11) is 3.44. The lowest BCUT2D eigenvalue weighted by Gasteiger charge is -2.41. The quantitative estimate of drug-likeness (QED) is 0.695. The summed E-state index contributed by atoms with van der Waals surface area (Å²) in [5.41, 5.74) is 2.68. The van der Waals surface area contributed by atoms with Crippen molar-refractivity contribution >= 4 is 21.6 Å². The van der Waals surface area contributed by atoms with Gasteiger partial charge in [0.15, 0.2) is 0 Å². The van der Waals surface area contributed by atoms with Gasteiger partial charge in [-0.15, -0.1) is 0 Å². The maximum Gasteiger partial charge on any atom is 0.135 e. The van der Waals surface area contributed by atoms with E-state index in [1.165, 1.54) is 17.7 Å². The minimum Gasteiger partial charge on any atom is -0.497 e. The molecule has 0 N–H and O–H groups in total. The number of benzene rings is 2. The molecule has 5 heteroatoms. The van der Waals surface area contributed by atoms with Crippen LogP contribution in [-0.4, -0.2) is 50.8 Å². The van der Waals surface area contributed by atoms with Gasteiger partial charge in [-0.1, -0.05) is 12.1 Å². The van der Waals surface area contributed by atoms with Crippen LogP contribution < -0.4 is 14.4 Å². The Kier molecular flexibility index (Phi) is 5.33. The molecule has 0 bridgehead atoms. The third-order valence-corrected chi connectivity index (χ3v) is 6.55. The summed E-state index contributed by atoms with van der Waals surface area (Å²) in [6.07, 6.45) is 1.27. The SMILES string of the molecule is COc1ccc(C2CC2N2CCN(c3ccc(Br)c(OC)c3)C(C)C2)cc1. The van der Waals surface area contributed by atoms with Gasteiger partial charge in [-0.05, 0) is 59.1 Å². The molecular weight excluding hydrogens is 404 g/mol. The molecule has 0 aromatic heterocycles. The molecule has 1 saturated carbocycles. The van der Waals surface area contributed by atoms with Gasteiger partial charge in [0.2, 0.25) is 0 Å². The topological polar surface area (TPSA) is 24.9 Å². The monoisotopic (exact) mass is 430 g/mol.